The Balaban J connectivity index is 1.49. The lowest BCUT2D eigenvalue weighted by molar-refractivity contribution is -0.142. The van der Waals surface area contributed by atoms with E-state index in [2.05, 4.69) is 55.4 Å². The zero-order chi connectivity index (χ0) is 22.6. The Hall–Kier alpha value is 0. The summed E-state index contributed by atoms with van der Waals surface area (Å²) < 4.78 is 0. The Kier molecular flexibility index (Phi) is 6.99. The first kappa shape index (κ1) is 24.1. The molecule has 0 N–H and O–H groups in total. The van der Waals surface area contributed by atoms with Gasteiger partial charge in [0.05, 0.1) is 0 Å². The fourth-order valence-corrected chi connectivity index (χ4v) is 10.5. The predicted octanol–water partition coefficient (Wildman–Crippen LogP) is 9.63. The van der Waals surface area contributed by atoms with Crippen molar-refractivity contribution in [2.45, 2.75) is 126 Å². The fourth-order valence-electron chi connectivity index (χ4n) is 10.5. The molecule has 0 spiro atoms. The summed E-state index contributed by atoms with van der Waals surface area (Å²) in [5, 5.41) is 0. The summed E-state index contributed by atoms with van der Waals surface area (Å²) in [6.07, 6.45) is 16.6. The summed E-state index contributed by atoms with van der Waals surface area (Å²) in [7, 11) is 0. The van der Waals surface area contributed by atoms with Crippen molar-refractivity contribution in [3.63, 3.8) is 0 Å². The van der Waals surface area contributed by atoms with Crippen LogP contribution in [0.2, 0.25) is 0 Å². The largest absolute Gasteiger partial charge is 0.0651 e. The highest BCUT2D eigenvalue weighted by Gasteiger charge is 2.62. The van der Waals surface area contributed by atoms with Gasteiger partial charge >= 0.3 is 0 Å². The molecule has 0 aromatic heterocycles. The van der Waals surface area contributed by atoms with Crippen LogP contribution in [0, 0.1) is 70.0 Å². The van der Waals surface area contributed by atoms with Gasteiger partial charge in [-0.25, -0.2) is 0 Å². The van der Waals surface area contributed by atoms with Crippen molar-refractivity contribution in [2.24, 2.45) is 70.0 Å². The minimum absolute atomic E-state index is 0.638. The highest BCUT2D eigenvalue weighted by Crippen LogP contribution is 2.69. The molecule has 0 amide bonds. The van der Waals surface area contributed by atoms with Crippen LogP contribution in [0.1, 0.15) is 126 Å². The average Bonchev–Trinajstić information content (AvgIpc) is 3.06. The van der Waals surface area contributed by atoms with E-state index in [1.807, 2.05) is 0 Å². The lowest BCUT2D eigenvalue weighted by Crippen LogP contribution is -2.56. The highest BCUT2D eigenvalue weighted by molar-refractivity contribution is 5.10. The quantitative estimate of drug-likeness (QED) is 0.395. The molecule has 31 heavy (non-hydrogen) atoms. The normalized spacial score (nSPS) is 49.3. The van der Waals surface area contributed by atoms with Crippen LogP contribution in [0.4, 0.5) is 0 Å². The van der Waals surface area contributed by atoms with E-state index in [-0.39, 0.29) is 0 Å². The summed E-state index contributed by atoms with van der Waals surface area (Å²) in [5.41, 5.74) is 1.31. The van der Waals surface area contributed by atoms with Gasteiger partial charge in [-0.1, -0.05) is 74.7 Å². The molecule has 0 aliphatic heterocycles. The molecule has 4 saturated carbocycles. The van der Waals surface area contributed by atoms with Crippen LogP contribution in [0.5, 0.6) is 0 Å². The van der Waals surface area contributed by atoms with Crippen molar-refractivity contribution < 1.29 is 0 Å². The third-order valence-electron chi connectivity index (χ3n) is 12.5. The number of hydrogen-bond donors (Lipinski definition) is 0. The van der Waals surface area contributed by atoms with E-state index in [0.717, 1.165) is 59.2 Å². The number of rotatable bonds is 6. The molecule has 0 heteroatoms. The van der Waals surface area contributed by atoms with Crippen LogP contribution in [0.3, 0.4) is 0 Å². The van der Waals surface area contributed by atoms with Crippen LogP contribution in [-0.4, -0.2) is 0 Å². The second kappa shape index (κ2) is 8.98. The van der Waals surface area contributed by atoms with Gasteiger partial charge in [-0.05, 0) is 121 Å². The van der Waals surface area contributed by atoms with E-state index < -0.39 is 0 Å². The van der Waals surface area contributed by atoms with E-state index in [9.17, 15) is 0 Å². The Morgan fingerprint density at radius 3 is 2.16 bits per heavy atom. The Bertz CT molecular complexity index is 605. The Morgan fingerprint density at radius 2 is 1.48 bits per heavy atom. The molecular formula is C31H56. The van der Waals surface area contributed by atoms with Crippen molar-refractivity contribution in [3.8, 4) is 0 Å². The monoisotopic (exact) mass is 428 g/mol. The van der Waals surface area contributed by atoms with Crippen molar-refractivity contribution in [2.75, 3.05) is 0 Å². The predicted molar refractivity (Wildman–Crippen MR) is 136 cm³/mol. The van der Waals surface area contributed by atoms with Gasteiger partial charge in [0.15, 0.2) is 0 Å². The summed E-state index contributed by atoms with van der Waals surface area (Å²) in [5.74, 6) is 9.78. The topological polar surface area (TPSA) is 0 Å². The maximum atomic E-state index is 2.77. The zero-order valence-electron chi connectivity index (χ0n) is 22.6. The lowest BCUT2D eigenvalue weighted by Gasteiger charge is -2.63. The summed E-state index contributed by atoms with van der Waals surface area (Å²) in [4.78, 5) is 0. The third kappa shape index (κ3) is 4.07. The van der Waals surface area contributed by atoms with Gasteiger partial charge in [0, 0.05) is 0 Å². The lowest BCUT2D eigenvalue weighted by atomic mass is 9.42. The summed E-state index contributed by atoms with van der Waals surface area (Å²) >= 11 is 0. The zero-order valence-corrected chi connectivity index (χ0v) is 22.6. The van der Waals surface area contributed by atoms with E-state index in [1.165, 1.54) is 44.9 Å². The molecule has 11 atom stereocenters. The van der Waals surface area contributed by atoms with Gasteiger partial charge in [-0.2, -0.15) is 0 Å². The highest BCUT2D eigenvalue weighted by atomic mass is 14.7. The van der Waals surface area contributed by atoms with Gasteiger partial charge in [0.2, 0.25) is 0 Å². The smallest absolute Gasteiger partial charge is 0.0264 e. The first-order valence-electron chi connectivity index (χ1n) is 14.6. The number of hydrogen-bond acceptors (Lipinski definition) is 0. The molecule has 0 saturated heterocycles. The molecular weight excluding hydrogens is 372 g/mol. The van der Waals surface area contributed by atoms with Crippen molar-refractivity contribution in [1.82, 2.24) is 0 Å². The molecule has 0 bridgehead atoms. The number of fused-ring (bicyclic) bond motifs is 5. The second-order valence-corrected chi connectivity index (χ2v) is 14.3. The van der Waals surface area contributed by atoms with Gasteiger partial charge in [0.25, 0.3) is 0 Å². The molecule has 0 radical (unpaired) electrons. The van der Waals surface area contributed by atoms with Crippen LogP contribution in [0.25, 0.3) is 0 Å². The molecule has 0 nitrogen and oxygen atoms in total. The average molecular weight is 429 g/mol. The minimum atomic E-state index is 0.638. The first-order valence-corrected chi connectivity index (χ1v) is 14.6. The van der Waals surface area contributed by atoms with Crippen LogP contribution >= 0.6 is 0 Å². The molecule has 4 aliphatic carbocycles. The maximum absolute atomic E-state index is 2.77. The SMILES string of the molecule is CC[C@H](CC[C@@H](C)C1CCC2[C@@H]3C(C)C[C@@H]4CC(C)CC[C@]4(C)C3CC[C@@]21C)C(C)C. The van der Waals surface area contributed by atoms with Crippen molar-refractivity contribution >= 4 is 0 Å². The molecule has 4 aliphatic rings. The van der Waals surface area contributed by atoms with Crippen molar-refractivity contribution in [1.29, 1.82) is 0 Å². The van der Waals surface area contributed by atoms with E-state index in [4.69, 9.17) is 0 Å². The molecule has 0 aromatic carbocycles. The molecule has 4 fully saturated rings. The Morgan fingerprint density at radius 1 is 0.806 bits per heavy atom. The van der Waals surface area contributed by atoms with E-state index in [0.29, 0.717) is 10.8 Å². The van der Waals surface area contributed by atoms with Gasteiger partial charge in [-0.15, -0.1) is 0 Å². The van der Waals surface area contributed by atoms with Crippen LogP contribution in [-0.2, 0) is 0 Å². The second-order valence-electron chi connectivity index (χ2n) is 14.3. The van der Waals surface area contributed by atoms with Crippen LogP contribution < -0.4 is 0 Å². The van der Waals surface area contributed by atoms with Gasteiger partial charge in [-0.3, -0.25) is 0 Å². The fraction of sp³-hybridized carbons (Fsp3) is 1.00. The standard InChI is InChI=1S/C31H56/c1-9-24(20(2)3)11-10-22(5)26-12-13-27-29-23(6)19-25-18-21(4)14-16-30(25,7)28(29)15-17-31(26,27)8/h20-29H,9-19H2,1-8H3/t21?,22-,23?,24-,25+,26?,27?,28?,29+,30+,31-/m1/s1. The van der Waals surface area contributed by atoms with Crippen LogP contribution in [0.15, 0.2) is 0 Å². The summed E-state index contributed by atoms with van der Waals surface area (Å²) in [6, 6.07) is 0. The van der Waals surface area contributed by atoms with Gasteiger partial charge < -0.3 is 0 Å². The molecule has 5 unspecified atom stereocenters. The maximum Gasteiger partial charge on any atom is -0.0264 e. The molecule has 0 aromatic rings. The molecule has 4 rings (SSSR count). The van der Waals surface area contributed by atoms with E-state index >= 15 is 0 Å². The van der Waals surface area contributed by atoms with E-state index in [1.54, 1.807) is 25.7 Å². The van der Waals surface area contributed by atoms with Gasteiger partial charge in [0.1, 0.15) is 0 Å². The third-order valence-corrected chi connectivity index (χ3v) is 12.5. The Labute approximate surface area is 196 Å². The molecule has 0 heterocycles. The van der Waals surface area contributed by atoms with Crippen molar-refractivity contribution in [3.05, 3.63) is 0 Å². The first-order chi connectivity index (χ1) is 14.6. The minimum Gasteiger partial charge on any atom is -0.0651 e. The summed E-state index contributed by atoms with van der Waals surface area (Å²) in [6.45, 7) is 20.7. The molecule has 180 valence electrons.